The summed E-state index contributed by atoms with van der Waals surface area (Å²) in [5, 5.41) is 0. The van der Waals surface area contributed by atoms with Crippen LogP contribution in [0, 0.1) is 0 Å². The highest BCUT2D eigenvalue weighted by molar-refractivity contribution is 4.19. The molecule has 4 N–H and O–H groups in total. The monoisotopic (exact) mass is 75.1 g/mol. The summed E-state index contributed by atoms with van der Waals surface area (Å²) >= 11 is 0. The summed E-state index contributed by atoms with van der Waals surface area (Å²) in [4.78, 5) is 0. The van der Waals surface area contributed by atoms with Crippen LogP contribution in [0.1, 0.15) is 13.8 Å². The maximum Gasteiger partial charge on any atom is 0.0973 e. The Hall–Kier alpha value is -0.0800. The molecule has 0 spiro atoms. The predicted octanol–water partition coefficient (Wildman–Crippen LogP) is -1.17. The fourth-order valence-corrected chi connectivity index (χ4v) is 0. The third kappa shape index (κ3) is 3.92. The van der Waals surface area contributed by atoms with Crippen LogP contribution in [0.2, 0.25) is 0 Å². The zero-order valence-corrected chi connectivity index (χ0v) is 3.73. The van der Waals surface area contributed by atoms with Crippen molar-refractivity contribution in [2.45, 2.75) is 19.9 Å². The maximum absolute atomic E-state index is 5.05. The standard InChI is InChI=1S/C3H10N2/c1-3(2)5-4/h3,5H,4H2,1-2H3/p+1. The molecule has 5 heavy (non-hydrogen) atoms. The Morgan fingerprint density at radius 3 is 1.80 bits per heavy atom. The van der Waals surface area contributed by atoms with Crippen molar-refractivity contribution in [1.29, 1.82) is 0 Å². The molecule has 2 heteroatoms. The largest absolute Gasteiger partial charge is 0.269 e. The van der Waals surface area contributed by atoms with E-state index in [2.05, 4.69) is 0 Å². The van der Waals surface area contributed by atoms with Crippen molar-refractivity contribution < 1.29 is 5.43 Å². The molecule has 0 unspecified atom stereocenters. The van der Waals surface area contributed by atoms with E-state index in [0.29, 0.717) is 6.04 Å². The molecule has 0 saturated carbocycles. The maximum atomic E-state index is 5.05. The first kappa shape index (κ1) is 4.92. The minimum atomic E-state index is 0.537. The van der Waals surface area contributed by atoms with Crippen molar-refractivity contribution in [2.24, 2.45) is 5.84 Å². The van der Waals surface area contributed by atoms with Gasteiger partial charge in [-0.25, -0.2) is 0 Å². The van der Waals surface area contributed by atoms with Crippen LogP contribution >= 0.6 is 0 Å². The Bertz CT molecular complexity index is 18.9. The lowest BCUT2D eigenvalue weighted by Crippen LogP contribution is -2.95. The van der Waals surface area contributed by atoms with Crippen LogP contribution in [0.5, 0.6) is 0 Å². The number of rotatable bonds is 1. The van der Waals surface area contributed by atoms with Crippen molar-refractivity contribution in [3.05, 3.63) is 0 Å². The van der Waals surface area contributed by atoms with E-state index >= 15 is 0 Å². The zero-order valence-electron chi connectivity index (χ0n) is 3.73. The van der Waals surface area contributed by atoms with E-state index in [9.17, 15) is 0 Å². The van der Waals surface area contributed by atoms with Crippen molar-refractivity contribution in [1.82, 2.24) is 0 Å². The molecule has 0 aromatic rings. The molecule has 0 heterocycles. The van der Waals surface area contributed by atoms with E-state index in [1.807, 2.05) is 13.8 Å². The zero-order chi connectivity index (χ0) is 4.28. The number of hydrogen-bond acceptors (Lipinski definition) is 1. The van der Waals surface area contributed by atoms with E-state index in [0.717, 1.165) is 0 Å². The van der Waals surface area contributed by atoms with Crippen LogP contribution in [0.3, 0.4) is 0 Å². The Kier molecular flexibility index (Phi) is 2.14. The SMILES string of the molecule is CC(C)[NH2+]N. The Labute approximate surface area is 32.3 Å². The van der Waals surface area contributed by atoms with Crippen LogP contribution in [0.4, 0.5) is 0 Å². The minimum absolute atomic E-state index is 0.537. The average molecular weight is 75.1 g/mol. The van der Waals surface area contributed by atoms with Gasteiger partial charge in [-0.3, -0.25) is 5.43 Å². The first-order chi connectivity index (χ1) is 2.27. The highest BCUT2D eigenvalue weighted by Gasteiger charge is 1.82. The van der Waals surface area contributed by atoms with Gasteiger partial charge in [0.15, 0.2) is 0 Å². The van der Waals surface area contributed by atoms with Gasteiger partial charge >= 0.3 is 0 Å². The molecule has 0 aliphatic heterocycles. The molecule has 0 saturated heterocycles. The van der Waals surface area contributed by atoms with Gasteiger partial charge in [0.2, 0.25) is 0 Å². The first-order valence-corrected chi connectivity index (χ1v) is 1.82. The Balaban J connectivity index is 2.54. The number of quaternary nitrogens is 1. The second-order valence-electron chi connectivity index (χ2n) is 1.44. The van der Waals surface area contributed by atoms with Crippen LogP contribution in [0.15, 0.2) is 0 Å². The third-order valence-electron chi connectivity index (χ3n) is 0.385. The minimum Gasteiger partial charge on any atom is -0.269 e. The van der Waals surface area contributed by atoms with Crippen LogP contribution in [-0.2, 0) is 0 Å². The van der Waals surface area contributed by atoms with E-state index < -0.39 is 0 Å². The van der Waals surface area contributed by atoms with E-state index in [4.69, 9.17) is 5.84 Å². The van der Waals surface area contributed by atoms with Crippen LogP contribution < -0.4 is 11.3 Å². The Morgan fingerprint density at radius 2 is 1.80 bits per heavy atom. The molecule has 0 bridgehead atoms. The highest BCUT2D eigenvalue weighted by atomic mass is 15.2. The van der Waals surface area contributed by atoms with Crippen molar-refractivity contribution in [3.63, 3.8) is 0 Å². The number of hydrogen-bond donors (Lipinski definition) is 2. The van der Waals surface area contributed by atoms with E-state index in [1.54, 1.807) is 5.43 Å². The summed E-state index contributed by atoms with van der Waals surface area (Å²) in [6.45, 7) is 4.08. The summed E-state index contributed by atoms with van der Waals surface area (Å²) in [6, 6.07) is 0.537. The summed E-state index contributed by atoms with van der Waals surface area (Å²) in [5.41, 5.74) is 1.67. The van der Waals surface area contributed by atoms with Gasteiger partial charge < -0.3 is 0 Å². The van der Waals surface area contributed by atoms with Crippen molar-refractivity contribution in [2.75, 3.05) is 0 Å². The highest BCUT2D eigenvalue weighted by Crippen LogP contribution is 1.55. The van der Waals surface area contributed by atoms with Gasteiger partial charge in [0.25, 0.3) is 0 Å². The van der Waals surface area contributed by atoms with Crippen LogP contribution in [-0.4, -0.2) is 6.04 Å². The molecular formula is C3H11N2+. The molecule has 0 fully saturated rings. The quantitative estimate of drug-likeness (QED) is 0.299. The van der Waals surface area contributed by atoms with Gasteiger partial charge in [-0.05, 0) is 13.8 Å². The first-order valence-electron chi connectivity index (χ1n) is 1.82. The van der Waals surface area contributed by atoms with E-state index in [-0.39, 0.29) is 0 Å². The van der Waals surface area contributed by atoms with Crippen LogP contribution in [0.25, 0.3) is 0 Å². The summed E-state index contributed by atoms with van der Waals surface area (Å²) in [6.07, 6.45) is 0. The molecule has 0 aliphatic carbocycles. The molecule has 0 aromatic carbocycles. The molecule has 0 amide bonds. The topological polar surface area (TPSA) is 42.6 Å². The summed E-state index contributed by atoms with van der Waals surface area (Å²) < 4.78 is 0. The second kappa shape index (κ2) is 2.18. The average Bonchev–Trinajstić information content (AvgIpc) is 1.38. The van der Waals surface area contributed by atoms with Gasteiger partial charge in [-0.1, -0.05) is 0 Å². The molecule has 0 atom stereocenters. The van der Waals surface area contributed by atoms with Gasteiger partial charge in [0.05, 0.1) is 6.04 Å². The predicted molar refractivity (Wildman–Crippen MR) is 21.2 cm³/mol. The van der Waals surface area contributed by atoms with Gasteiger partial charge in [0.1, 0.15) is 0 Å². The lowest BCUT2D eigenvalue weighted by molar-refractivity contribution is -0.695. The molecule has 0 rings (SSSR count). The molecule has 0 aromatic heterocycles. The second-order valence-corrected chi connectivity index (χ2v) is 1.44. The molecule has 0 radical (unpaired) electrons. The fraction of sp³-hybridized carbons (Fsp3) is 1.00. The lowest BCUT2D eigenvalue weighted by atomic mass is 10.4. The van der Waals surface area contributed by atoms with Crippen molar-refractivity contribution >= 4 is 0 Å². The fourth-order valence-electron chi connectivity index (χ4n) is 0. The van der Waals surface area contributed by atoms with Crippen molar-refractivity contribution in [3.8, 4) is 0 Å². The summed E-state index contributed by atoms with van der Waals surface area (Å²) in [7, 11) is 0. The Morgan fingerprint density at radius 1 is 1.60 bits per heavy atom. The van der Waals surface area contributed by atoms with E-state index in [1.165, 1.54) is 0 Å². The number of nitrogens with two attached hydrogens (primary N) is 2. The summed E-state index contributed by atoms with van der Waals surface area (Å²) in [5.74, 6) is 5.05. The van der Waals surface area contributed by atoms with Gasteiger partial charge in [-0.15, -0.1) is 0 Å². The molecule has 0 aliphatic rings. The lowest BCUT2D eigenvalue weighted by Gasteiger charge is -1.90. The molecular weight excluding hydrogens is 64.0 g/mol. The molecule has 2 nitrogen and oxygen atoms in total. The smallest absolute Gasteiger partial charge is 0.0973 e. The van der Waals surface area contributed by atoms with Gasteiger partial charge in [0, 0.05) is 0 Å². The molecule has 32 valence electrons. The third-order valence-corrected chi connectivity index (χ3v) is 0.385. The normalized spacial score (nSPS) is 9.60. The van der Waals surface area contributed by atoms with Gasteiger partial charge in [-0.2, -0.15) is 5.84 Å².